The molecule has 24 heavy (non-hydrogen) atoms. The third-order valence-corrected chi connectivity index (χ3v) is 4.85. The predicted octanol–water partition coefficient (Wildman–Crippen LogP) is 3.96. The highest BCUT2D eigenvalue weighted by Crippen LogP contribution is 2.29. The number of benzene rings is 2. The third kappa shape index (κ3) is 3.72. The lowest BCUT2D eigenvalue weighted by Gasteiger charge is -2.08. The number of hydrogen-bond acceptors (Lipinski definition) is 4. The summed E-state index contributed by atoms with van der Waals surface area (Å²) in [5.41, 5.74) is 0.790. The van der Waals surface area contributed by atoms with Gasteiger partial charge in [-0.05, 0) is 24.3 Å². The number of carbonyl (C=O) groups excluding carboxylic acids is 1. The molecule has 0 aliphatic carbocycles. The zero-order valence-electron chi connectivity index (χ0n) is 12.2. The summed E-state index contributed by atoms with van der Waals surface area (Å²) in [7, 11) is 0. The lowest BCUT2D eigenvalue weighted by molar-refractivity contribution is -0.113. The molecule has 0 bridgehead atoms. The molecule has 1 heterocycles. The molecule has 8 heteroatoms. The first kappa shape index (κ1) is 16.8. The molecule has 0 atom stereocenters. The second-order valence-electron chi connectivity index (χ2n) is 4.83. The number of aromatic amines is 1. The van der Waals surface area contributed by atoms with E-state index in [4.69, 9.17) is 23.2 Å². The molecule has 1 amide bonds. The first-order valence-corrected chi connectivity index (χ1v) is 8.64. The summed E-state index contributed by atoms with van der Waals surface area (Å²) in [5.74, 6) is -0.204. The van der Waals surface area contributed by atoms with Crippen molar-refractivity contribution in [3.05, 3.63) is 62.9 Å². The molecule has 122 valence electrons. The Labute approximate surface area is 151 Å². The summed E-state index contributed by atoms with van der Waals surface area (Å²) in [6.45, 7) is 0. The summed E-state index contributed by atoms with van der Waals surface area (Å²) in [5, 5.41) is 4.22. The van der Waals surface area contributed by atoms with E-state index in [0.717, 1.165) is 11.8 Å². The van der Waals surface area contributed by atoms with Crippen LogP contribution in [0.4, 0.5) is 5.69 Å². The van der Waals surface area contributed by atoms with Gasteiger partial charge >= 0.3 is 0 Å². The largest absolute Gasteiger partial charge is 0.324 e. The van der Waals surface area contributed by atoms with Crippen LogP contribution in [0.1, 0.15) is 0 Å². The van der Waals surface area contributed by atoms with Crippen molar-refractivity contribution < 1.29 is 4.79 Å². The monoisotopic (exact) mass is 379 g/mol. The minimum absolute atomic E-state index is 0.0735. The third-order valence-electron chi connectivity index (χ3n) is 3.16. The van der Waals surface area contributed by atoms with Crippen LogP contribution in [0.3, 0.4) is 0 Å². The topological polar surface area (TPSA) is 74.8 Å². The number of anilines is 1. The minimum atomic E-state index is -0.278. The second-order valence-corrected chi connectivity index (χ2v) is 6.58. The van der Waals surface area contributed by atoms with Crippen LogP contribution >= 0.6 is 35.0 Å². The Morgan fingerprint density at radius 2 is 1.96 bits per heavy atom. The normalized spacial score (nSPS) is 10.8. The summed E-state index contributed by atoms with van der Waals surface area (Å²) >= 11 is 13.1. The molecule has 3 aromatic rings. The van der Waals surface area contributed by atoms with Gasteiger partial charge in [0.05, 0.1) is 32.4 Å². The van der Waals surface area contributed by atoms with Gasteiger partial charge in [0, 0.05) is 0 Å². The molecule has 0 fully saturated rings. The van der Waals surface area contributed by atoms with E-state index in [1.54, 1.807) is 42.5 Å². The highest BCUT2D eigenvalue weighted by molar-refractivity contribution is 7.99. The zero-order chi connectivity index (χ0) is 17.1. The Bertz CT molecular complexity index is 975. The fourth-order valence-corrected chi connectivity index (χ4v) is 3.07. The van der Waals surface area contributed by atoms with Gasteiger partial charge in [0.2, 0.25) is 5.91 Å². The lowest BCUT2D eigenvalue weighted by atomic mass is 10.2. The molecule has 3 rings (SSSR count). The number of nitrogens with zero attached hydrogens (tertiary/aromatic N) is 1. The molecular weight excluding hydrogens is 369 g/mol. The zero-order valence-corrected chi connectivity index (χ0v) is 14.5. The summed E-state index contributed by atoms with van der Waals surface area (Å²) < 4.78 is 0. The molecule has 2 aromatic carbocycles. The number of amides is 1. The first-order chi connectivity index (χ1) is 11.5. The van der Waals surface area contributed by atoms with Crippen LogP contribution in [0.2, 0.25) is 10.0 Å². The van der Waals surface area contributed by atoms with Crippen LogP contribution in [0, 0.1) is 0 Å². The van der Waals surface area contributed by atoms with E-state index in [9.17, 15) is 9.59 Å². The van der Waals surface area contributed by atoms with Gasteiger partial charge in [-0.2, -0.15) is 0 Å². The van der Waals surface area contributed by atoms with E-state index < -0.39 is 0 Å². The summed E-state index contributed by atoms with van der Waals surface area (Å²) in [4.78, 5) is 31.0. The van der Waals surface area contributed by atoms with E-state index in [-0.39, 0.29) is 22.2 Å². The van der Waals surface area contributed by atoms with Crippen LogP contribution in [0.15, 0.2) is 52.4 Å². The minimum Gasteiger partial charge on any atom is -0.324 e. The van der Waals surface area contributed by atoms with Crippen molar-refractivity contribution in [3.63, 3.8) is 0 Å². The van der Waals surface area contributed by atoms with Crippen molar-refractivity contribution in [2.75, 3.05) is 11.1 Å². The van der Waals surface area contributed by atoms with Gasteiger partial charge in [-0.15, -0.1) is 0 Å². The SMILES string of the molecule is O=C(CSc1nc2ccccc2c(=O)[nH]1)Nc1cccc(Cl)c1Cl. The Kier molecular flexibility index (Phi) is 5.08. The first-order valence-electron chi connectivity index (χ1n) is 6.90. The number of halogens is 2. The molecule has 1 aromatic heterocycles. The molecule has 0 saturated heterocycles. The molecule has 0 aliphatic heterocycles. The van der Waals surface area contributed by atoms with Crippen LogP contribution in [0.5, 0.6) is 0 Å². The lowest BCUT2D eigenvalue weighted by Crippen LogP contribution is -2.15. The number of nitrogens with one attached hydrogen (secondary N) is 2. The molecule has 0 radical (unpaired) electrons. The van der Waals surface area contributed by atoms with Crippen LogP contribution < -0.4 is 10.9 Å². The van der Waals surface area contributed by atoms with E-state index in [1.165, 1.54) is 0 Å². The Morgan fingerprint density at radius 3 is 2.79 bits per heavy atom. The highest BCUT2D eigenvalue weighted by atomic mass is 35.5. The molecule has 0 spiro atoms. The number of aromatic nitrogens is 2. The predicted molar refractivity (Wildman–Crippen MR) is 98.2 cm³/mol. The van der Waals surface area contributed by atoms with Gasteiger partial charge in [-0.1, -0.05) is 53.2 Å². The fourth-order valence-electron chi connectivity index (χ4n) is 2.05. The average molecular weight is 380 g/mol. The number of carbonyl (C=O) groups is 1. The van der Waals surface area contributed by atoms with Crippen LogP contribution in [0.25, 0.3) is 10.9 Å². The van der Waals surface area contributed by atoms with Crippen molar-refractivity contribution in [2.45, 2.75) is 5.16 Å². The van der Waals surface area contributed by atoms with Gasteiger partial charge in [-0.25, -0.2) is 4.98 Å². The van der Waals surface area contributed by atoms with Gasteiger partial charge < -0.3 is 10.3 Å². The van der Waals surface area contributed by atoms with E-state index in [1.807, 2.05) is 0 Å². The molecule has 0 saturated carbocycles. The quantitative estimate of drug-likeness (QED) is 0.531. The van der Waals surface area contributed by atoms with Crippen LogP contribution in [-0.4, -0.2) is 21.6 Å². The van der Waals surface area contributed by atoms with Crippen molar-refractivity contribution in [1.82, 2.24) is 9.97 Å². The maximum atomic E-state index is 12.0. The van der Waals surface area contributed by atoms with Gasteiger partial charge in [0.15, 0.2) is 5.16 Å². The Hall–Kier alpha value is -2.02. The maximum absolute atomic E-state index is 12.0. The number of H-pyrrole nitrogens is 1. The molecule has 5 nitrogen and oxygen atoms in total. The summed E-state index contributed by atoms with van der Waals surface area (Å²) in [6.07, 6.45) is 0. The fraction of sp³-hybridized carbons (Fsp3) is 0.0625. The summed E-state index contributed by atoms with van der Waals surface area (Å²) in [6, 6.07) is 12.0. The Morgan fingerprint density at radius 1 is 1.17 bits per heavy atom. The highest BCUT2D eigenvalue weighted by Gasteiger charge is 2.10. The number of para-hydroxylation sites is 1. The van der Waals surface area contributed by atoms with E-state index in [2.05, 4.69) is 15.3 Å². The number of fused-ring (bicyclic) bond motifs is 1. The maximum Gasteiger partial charge on any atom is 0.259 e. The molecule has 2 N–H and O–H groups in total. The number of hydrogen-bond donors (Lipinski definition) is 2. The smallest absolute Gasteiger partial charge is 0.259 e. The van der Waals surface area contributed by atoms with Crippen molar-refractivity contribution in [1.29, 1.82) is 0 Å². The number of thioether (sulfide) groups is 1. The number of rotatable bonds is 4. The van der Waals surface area contributed by atoms with Crippen molar-refractivity contribution in [2.24, 2.45) is 0 Å². The average Bonchev–Trinajstić information content (AvgIpc) is 2.57. The standard InChI is InChI=1S/C16H11Cl2N3O2S/c17-10-5-3-7-12(14(10)18)19-13(22)8-24-16-20-11-6-2-1-4-9(11)15(23)21-16/h1-7H,8H2,(H,19,22)(H,20,21,23). The van der Waals surface area contributed by atoms with Crippen LogP contribution in [-0.2, 0) is 4.79 Å². The van der Waals surface area contributed by atoms with Crippen molar-refractivity contribution >= 4 is 57.5 Å². The van der Waals surface area contributed by atoms with Crippen molar-refractivity contribution in [3.8, 4) is 0 Å². The van der Waals surface area contributed by atoms with E-state index >= 15 is 0 Å². The Balaban J connectivity index is 1.70. The van der Waals surface area contributed by atoms with Gasteiger partial charge in [-0.3, -0.25) is 9.59 Å². The van der Waals surface area contributed by atoms with E-state index in [0.29, 0.717) is 26.8 Å². The molecular formula is C16H11Cl2N3O2S. The molecule has 0 unspecified atom stereocenters. The van der Waals surface area contributed by atoms with Gasteiger partial charge in [0.25, 0.3) is 5.56 Å². The van der Waals surface area contributed by atoms with Gasteiger partial charge in [0.1, 0.15) is 0 Å². The molecule has 0 aliphatic rings. The second kappa shape index (κ2) is 7.25.